The molecule has 1 aliphatic heterocycles. The van der Waals surface area contributed by atoms with Crippen LogP contribution < -0.4 is 9.80 Å². The van der Waals surface area contributed by atoms with Crippen molar-refractivity contribution in [3.63, 3.8) is 0 Å². The van der Waals surface area contributed by atoms with E-state index >= 15 is 4.39 Å². The normalized spacial score (nSPS) is 14.4. The van der Waals surface area contributed by atoms with E-state index in [1.165, 1.54) is 24.1 Å². The molecule has 9 heteroatoms. The number of hydrogen-bond donors (Lipinski definition) is 2. The topological polar surface area (TPSA) is 89.5 Å². The standard InChI is InChI=1S/C25H17FN4O3.ClH/c1-3-14-7-6-10-20(21(14)26)30-22(16-8-4-5-9-17(16)23(30)31)15-11-12-18-19(13-15)28-24(27-18)29(2)25(32)33;/h1,4-13,22H,2H3,(H,27,28)(H,32,33);1H. The van der Waals surface area contributed by atoms with E-state index in [1.54, 1.807) is 36.4 Å². The molecule has 0 radical (unpaired) electrons. The van der Waals surface area contributed by atoms with Crippen LogP contribution in [0, 0.1) is 18.2 Å². The van der Waals surface area contributed by atoms with E-state index in [0.717, 1.165) is 10.5 Å². The lowest BCUT2D eigenvalue weighted by Gasteiger charge is -2.26. The third-order valence-electron chi connectivity index (χ3n) is 5.77. The summed E-state index contributed by atoms with van der Waals surface area (Å²) < 4.78 is 15.2. The highest BCUT2D eigenvalue weighted by Gasteiger charge is 2.40. The number of amides is 2. The van der Waals surface area contributed by atoms with Gasteiger partial charge in [0.15, 0.2) is 5.82 Å². The highest BCUT2D eigenvalue weighted by molar-refractivity contribution is 6.12. The fourth-order valence-electron chi connectivity index (χ4n) is 4.14. The lowest BCUT2D eigenvalue weighted by molar-refractivity contribution is 0.0992. The zero-order valence-corrected chi connectivity index (χ0v) is 18.6. The summed E-state index contributed by atoms with van der Waals surface area (Å²) in [5, 5.41) is 9.23. The van der Waals surface area contributed by atoms with Gasteiger partial charge in [-0.2, -0.15) is 0 Å². The van der Waals surface area contributed by atoms with Crippen molar-refractivity contribution in [3.8, 4) is 12.3 Å². The van der Waals surface area contributed by atoms with Gasteiger partial charge in [-0.3, -0.25) is 14.6 Å². The van der Waals surface area contributed by atoms with Crippen molar-refractivity contribution in [3.05, 3.63) is 88.7 Å². The van der Waals surface area contributed by atoms with E-state index in [0.29, 0.717) is 22.2 Å². The van der Waals surface area contributed by atoms with E-state index in [2.05, 4.69) is 15.9 Å². The minimum Gasteiger partial charge on any atom is -0.465 e. The van der Waals surface area contributed by atoms with Crippen LogP contribution in [0.15, 0.2) is 60.7 Å². The molecule has 2 N–H and O–H groups in total. The van der Waals surface area contributed by atoms with Crippen LogP contribution in [0.2, 0.25) is 0 Å². The average molecular weight is 477 g/mol. The van der Waals surface area contributed by atoms with Gasteiger partial charge in [0.2, 0.25) is 5.95 Å². The first-order valence-electron chi connectivity index (χ1n) is 10.0. The molecule has 1 aromatic heterocycles. The number of carbonyl (C=O) groups is 2. The Balaban J connectivity index is 0.00000274. The van der Waals surface area contributed by atoms with Gasteiger partial charge >= 0.3 is 6.09 Å². The van der Waals surface area contributed by atoms with E-state index in [9.17, 15) is 14.7 Å². The molecule has 170 valence electrons. The second kappa shape index (κ2) is 8.54. The summed E-state index contributed by atoms with van der Waals surface area (Å²) in [5.41, 5.74) is 3.23. The fourth-order valence-corrected chi connectivity index (χ4v) is 4.14. The number of fused-ring (bicyclic) bond motifs is 2. The first-order chi connectivity index (χ1) is 15.9. The molecular formula is C25H18ClFN4O3. The third kappa shape index (κ3) is 3.43. The highest BCUT2D eigenvalue weighted by atomic mass is 35.5. The number of aromatic nitrogens is 2. The molecule has 5 rings (SSSR count). The number of carbonyl (C=O) groups excluding carboxylic acids is 1. The maximum atomic E-state index is 15.2. The van der Waals surface area contributed by atoms with Crippen LogP contribution in [0.4, 0.5) is 20.8 Å². The molecule has 4 aromatic rings. The predicted molar refractivity (Wildman–Crippen MR) is 129 cm³/mol. The number of nitrogens with zero attached hydrogens (tertiary/aromatic N) is 3. The smallest absolute Gasteiger partial charge is 0.413 e. The van der Waals surface area contributed by atoms with E-state index < -0.39 is 18.0 Å². The van der Waals surface area contributed by atoms with Crippen LogP contribution in [-0.2, 0) is 0 Å². The number of aromatic amines is 1. The number of hydrogen-bond acceptors (Lipinski definition) is 3. The Morgan fingerprint density at radius 3 is 2.71 bits per heavy atom. The largest absolute Gasteiger partial charge is 0.465 e. The molecule has 0 fully saturated rings. The molecule has 0 saturated carbocycles. The number of nitrogens with one attached hydrogen (secondary N) is 1. The molecule has 2 amide bonds. The summed E-state index contributed by atoms with van der Waals surface area (Å²) in [6.45, 7) is 0. The first kappa shape index (κ1) is 22.8. The lowest BCUT2D eigenvalue weighted by Crippen LogP contribution is -2.29. The van der Waals surface area contributed by atoms with Gasteiger partial charge in [-0.05, 0) is 41.5 Å². The number of rotatable bonds is 3. The number of H-pyrrole nitrogens is 1. The van der Waals surface area contributed by atoms with Gasteiger partial charge in [0.1, 0.15) is 0 Å². The van der Waals surface area contributed by atoms with Gasteiger partial charge in [0, 0.05) is 12.6 Å². The SMILES string of the molecule is C#Cc1cccc(N2C(=O)c3ccccc3C2c2ccc3nc(N(C)C(=O)O)[nH]c3c2)c1F.Cl. The third-order valence-corrected chi connectivity index (χ3v) is 5.77. The van der Waals surface area contributed by atoms with Crippen molar-refractivity contribution in [2.45, 2.75) is 6.04 Å². The van der Waals surface area contributed by atoms with E-state index in [-0.39, 0.29) is 35.5 Å². The Morgan fingerprint density at radius 1 is 1.21 bits per heavy atom. The van der Waals surface area contributed by atoms with Crippen molar-refractivity contribution < 1.29 is 19.1 Å². The van der Waals surface area contributed by atoms with Gasteiger partial charge in [-0.15, -0.1) is 18.8 Å². The minimum atomic E-state index is -1.15. The van der Waals surface area contributed by atoms with Crippen LogP contribution in [0.25, 0.3) is 11.0 Å². The molecule has 0 aliphatic carbocycles. The lowest BCUT2D eigenvalue weighted by atomic mass is 9.97. The van der Waals surface area contributed by atoms with Crippen LogP contribution in [0.1, 0.15) is 33.1 Å². The van der Waals surface area contributed by atoms with Crippen molar-refractivity contribution in [2.24, 2.45) is 0 Å². The minimum absolute atomic E-state index is 0. The Bertz CT molecular complexity index is 1490. The first-order valence-corrected chi connectivity index (χ1v) is 10.0. The Hall–Kier alpha value is -4.35. The van der Waals surface area contributed by atoms with Gasteiger partial charge in [0.25, 0.3) is 5.91 Å². The summed E-state index contributed by atoms with van der Waals surface area (Å²) in [4.78, 5) is 34.3. The summed E-state index contributed by atoms with van der Waals surface area (Å²) in [7, 11) is 1.38. The van der Waals surface area contributed by atoms with Crippen molar-refractivity contribution in [2.75, 3.05) is 16.8 Å². The van der Waals surface area contributed by atoms with Crippen molar-refractivity contribution in [1.29, 1.82) is 0 Å². The zero-order chi connectivity index (χ0) is 23.3. The van der Waals surface area contributed by atoms with Crippen LogP contribution in [0.3, 0.4) is 0 Å². The quantitative estimate of drug-likeness (QED) is 0.408. The monoisotopic (exact) mass is 476 g/mol. The second-order valence-electron chi connectivity index (χ2n) is 7.63. The second-order valence-corrected chi connectivity index (χ2v) is 7.63. The van der Waals surface area contributed by atoms with Crippen LogP contribution in [0.5, 0.6) is 0 Å². The molecular weight excluding hydrogens is 459 g/mol. The number of imidazole rings is 1. The van der Waals surface area contributed by atoms with Gasteiger partial charge in [0.05, 0.1) is 28.3 Å². The van der Waals surface area contributed by atoms with Crippen LogP contribution >= 0.6 is 12.4 Å². The molecule has 0 bridgehead atoms. The molecule has 0 saturated heterocycles. The Labute approximate surface area is 200 Å². The maximum absolute atomic E-state index is 15.2. The van der Waals surface area contributed by atoms with Crippen molar-refractivity contribution in [1.82, 2.24) is 9.97 Å². The predicted octanol–water partition coefficient (Wildman–Crippen LogP) is 4.97. The number of anilines is 2. The average Bonchev–Trinajstić information content (AvgIpc) is 3.37. The van der Waals surface area contributed by atoms with E-state index in [1.807, 2.05) is 12.1 Å². The number of carboxylic acid groups (broad SMARTS) is 1. The molecule has 1 unspecified atom stereocenters. The highest BCUT2D eigenvalue weighted by Crippen LogP contribution is 2.43. The molecule has 1 aliphatic rings. The van der Waals surface area contributed by atoms with Crippen molar-refractivity contribution >= 4 is 47.1 Å². The number of halogens is 2. The molecule has 1 atom stereocenters. The molecule has 7 nitrogen and oxygen atoms in total. The molecule has 34 heavy (non-hydrogen) atoms. The molecule has 0 spiro atoms. The summed E-state index contributed by atoms with van der Waals surface area (Å²) in [5.74, 6) is 1.51. The van der Waals surface area contributed by atoms with Gasteiger partial charge < -0.3 is 10.1 Å². The van der Waals surface area contributed by atoms with Gasteiger partial charge in [-0.1, -0.05) is 36.3 Å². The summed E-state index contributed by atoms with van der Waals surface area (Å²) >= 11 is 0. The van der Waals surface area contributed by atoms with E-state index in [4.69, 9.17) is 6.42 Å². The zero-order valence-electron chi connectivity index (χ0n) is 17.8. The summed E-state index contributed by atoms with van der Waals surface area (Å²) in [6.07, 6.45) is 4.29. The fraction of sp³-hybridized carbons (Fsp3) is 0.0800. The maximum Gasteiger partial charge on any atom is 0.413 e. The Kier molecular flexibility index (Phi) is 5.73. The van der Waals surface area contributed by atoms with Gasteiger partial charge in [-0.25, -0.2) is 14.2 Å². The molecule has 3 aromatic carbocycles. The number of benzene rings is 3. The molecule has 2 heterocycles. The summed E-state index contributed by atoms with van der Waals surface area (Å²) in [6, 6.07) is 16.5. The number of terminal acetylenes is 1. The Morgan fingerprint density at radius 2 is 1.97 bits per heavy atom. The van der Waals surface area contributed by atoms with Crippen LogP contribution in [-0.4, -0.2) is 34.1 Å².